The molecule has 270 valence electrons. The summed E-state index contributed by atoms with van der Waals surface area (Å²) in [5, 5.41) is 4.67. The number of rotatable bonds is 9. The van der Waals surface area contributed by atoms with Crippen LogP contribution < -0.4 is 11.3 Å². The Morgan fingerprint density at radius 3 is 2.39 bits per heavy atom. The maximum atomic E-state index is 14.4. The van der Waals surface area contributed by atoms with Gasteiger partial charge in [0.25, 0.3) is 17.4 Å². The van der Waals surface area contributed by atoms with E-state index in [1.807, 2.05) is 0 Å². The van der Waals surface area contributed by atoms with Crippen LogP contribution in [0.2, 0.25) is 0 Å². The predicted molar refractivity (Wildman–Crippen MR) is 185 cm³/mol. The lowest BCUT2D eigenvalue weighted by atomic mass is 9.97. The number of benzene rings is 2. The van der Waals surface area contributed by atoms with Crippen molar-refractivity contribution in [2.24, 2.45) is 17.6 Å². The molecule has 2 amide bonds. The van der Waals surface area contributed by atoms with Crippen molar-refractivity contribution in [1.82, 2.24) is 24.0 Å². The Morgan fingerprint density at radius 2 is 1.76 bits per heavy atom. The van der Waals surface area contributed by atoms with Crippen molar-refractivity contribution < 1.29 is 32.3 Å². The van der Waals surface area contributed by atoms with Gasteiger partial charge >= 0.3 is 12.1 Å². The Bertz CT molecular complexity index is 2070. The molecule has 0 bridgehead atoms. The van der Waals surface area contributed by atoms with Crippen LogP contribution in [-0.4, -0.2) is 67.6 Å². The van der Waals surface area contributed by atoms with E-state index < -0.39 is 41.6 Å². The number of fused-ring (bicyclic) bond motifs is 3. The summed E-state index contributed by atoms with van der Waals surface area (Å²) in [5.74, 6) is -1.26. The van der Waals surface area contributed by atoms with Crippen molar-refractivity contribution in [3.05, 3.63) is 97.0 Å². The number of carbonyl (C=O) groups excluding carboxylic acids is 3. The normalized spacial score (nSPS) is 16.7. The summed E-state index contributed by atoms with van der Waals surface area (Å²) in [6, 6.07) is 8.58. The Morgan fingerprint density at radius 1 is 1.10 bits per heavy atom. The first-order valence-electron chi connectivity index (χ1n) is 16.7. The molecule has 0 saturated heterocycles. The number of halogens is 4. The average Bonchev–Trinajstić information content (AvgIpc) is 3.83. The molecule has 4 aromatic rings. The molecular formula is C36H38BrF3N6O5. The summed E-state index contributed by atoms with van der Waals surface area (Å²) >= 11 is 2.93. The number of aromatic nitrogens is 3. The molecule has 6 rings (SSSR count). The van der Waals surface area contributed by atoms with Crippen LogP contribution in [0.25, 0.3) is 11.3 Å². The zero-order valence-corrected chi connectivity index (χ0v) is 30.1. The minimum Gasteiger partial charge on any atom is -0.443 e. The molecule has 51 heavy (non-hydrogen) atoms. The highest BCUT2D eigenvalue weighted by Gasteiger charge is 2.37. The molecule has 1 aliphatic carbocycles. The van der Waals surface area contributed by atoms with E-state index in [2.05, 4.69) is 21.0 Å². The Hall–Kier alpha value is -4.50. The fourth-order valence-electron chi connectivity index (χ4n) is 6.28. The van der Waals surface area contributed by atoms with E-state index in [1.54, 1.807) is 60.3 Å². The summed E-state index contributed by atoms with van der Waals surface area (Å²) in [5.41, 5.74) is 7.59. The predicted octanol–water partition coefficient (Wildman–Crippen LogP) is 5.36. The fourth-order valence-corrected chi connectivity index (χ4v) is 6.75. The molecule has 1 aliphatic heterocycles. The van der Waals surface area contributed by atoms with Crippen molar-refractivity contribution in [2.75, 3.05) is 13.8 Å². The molecule has 1 saturated carbocycles. The number of hydrogen-bond donors (Lipinski definition) is 1. The van der Waals surface area contributed by atoms with Gasteiger partial charge in [0.2, 0.25) is 0 Å². The molecule has 2 atom stereocenters. The molecule has 2 N–H and O–H groups in total. The third-order valence-electron chi connectivity index (χ3n) is 9.54. The molecule has 2 aromatic heterocycles. The monoisotopic (exact) mass is 770 g/mol. The smallest absolute Gasteiger partial charge is 0.417 e. The molecule has 2 aromatic carbocycles. The Kier molecular flexibility index (Phi) is 9.90. The second-order valence-electron chi connectivity index (χ2n) is 13.7. The number of amides is 2. The van der Waals surface area contributed by atoms with E-state index in [9.17, 15) is 32.3 Å². The fraction of sp³-hybridized carbons (Fsp3) is 0.417. The van der Waals surface area contributed by atoms with Gasteiger partial charge in [-0.25, -0.2) is 4.52 Å². The first-order chi connectivity index (χ1) is 24.1. The van der Waals surface area contributed by atoms with Crippen molar-refractivity contribution in [2.45, 2.75) is 71.3 Å². The summed E-state index contributed by atoms with van der Waals surface area (Å²) in [6.45, 7) is 5.03. The molecule has 11 nitrogen and oxygen atoms in total. The van der Waals surface area contributed by atoms with Crippen LogP contribution in [0, 0.1) is 11.8 Å². The average molecular weight is 772 g/mol. The van der Waals surface area contributed by atoms with Gasteiger partial charge in [0.1, 0.15) is 11.7 Å². The number of hydrogen-bond acceptors (Lipinski definition) is 7. The van der Waals surface area contributed by atoms with Crippen molar-refractivity contribution in [1.29, 1.82) is 0 Å². The second kappa shape index (κ2) is 13.9. The first kappa shape index (κ1) is 36.3. The summed E-state index contributed by atoms with van der Waals surface area (Å²) in [4.78, 5) is 56.2. The van der Waals surface area contributed by atoms with E-state index in [4.69, 9.17) is 10.5 Å². The highest BCUT2D eigenvalue weighted by molar-refractivity contribution is 9.10. The van der Waals surface area contributed by atoms with Crippen LogP contribution >= 0.6 is 15.9 Å². The zero-order chi connectivity index (χ0) is 36.9. The summed E-state index contributed by atoms with van der Waals surface area (Å²) in [6.07, 6.45) is 0.0253. The van der Waals surface area contributed by atoms with Gasteiger partial charge in [-0.1, -0.05) is 29.8 Å². The Balaban J connectivity index is 1.33. The van der Waals surface area contributed by atoms with E-state index in [1.165, 1.54) is 29.0 Å². The number of alkyl halides is 3. The third-order valence-corrected chi connectivity index (χ3v) is 10.2. The van der Waals surface area contributed by atoms with Gasteiger partial charge in [0.15, 0.2) is 6.73 Å². The van der Waals surface area contributed by atoms with Crippen LogP contribution in [0.5, 0.6) is 0 Å². The first-order valence-corrected chi connectivity index (χ1v) is 17.4. The molecular weight excluding hydrogens is 733 g/mol. The molecule has 15 heteroatoms. The number of carbonyl (C=O) groups is 3. The largest absolute Gasteiger partial charge is 0.443 e. The van der Waals surface area contributed by atoms with Gasteiger partial charge in [-0.15, -0.1) is 0 Å². The molecule has 0 spiro atoms. The van der Waals surface area contributed by atoms with Gasteiger partial charge in [-0.3, -0.25) is 23.7 Å². The summed E-state index contributed by atoms with van der Waals surface area (Å²) < 4.78 is 49.3. The van der Waals surface area contributed by atoms with Crippen LogP contribution in [0.15, 0.2) is 57.9 Å². The van der Waals surface area contributed by atoms with Crippen LogP contribution in [0.3, 0.4) is 0 Å². The maximum absolute atomic E-state index is 14.4. The van der Waals surface area contributed by atoms with Crippen molar-refractivity contribution in [3.8, 4) is 5.69 Å². The topological polar surface area (TPSA) is 132 Å². The molecule has 2 aliphatic rings. The number of esters is 1. The van der Waals surface area contributed by atoms with Crippen molar-refractivity contribution in [3.63, 3.8) is 0 Å². The van der Waals surface area contributed by atoms with Crippen LogP contribution in [-0.2, 0) is 35.1 Å². The lowest BCUT2D eigenvalue weighted by Crippen LogP contribution is -2.46. The van der Waals surface area contributed by atoms with Crippen molar-refractivity contribution >= 4 is 39.4 Å². The lowest BCUT2D eigenvalue weighted by Gasteiger charge is -2.35. The van der Waals surface area contributed by atoms with E-state index in [-0.39, 0.29) is 41.2 Å². The van der Waals surface area contributed by atoms with Gasteiger partial charge < -0.3 is 20.3 Å². The number of nitrogens with two attached hydrogens (primary N) is 1. The van der Waals surface area contributed by atoms with E-state index in [0.717, 1.165) is 24.5 Å². The van der Waals surface area contributed by atoms with Gasteiger partial charge in [0.05, 0.1) is 29.7 Å². The molecule has 0 radical (unpaired) electrons. The second-order valence-corrected chi connectivity index (χ2v) is 14.6. The molecule has 0 unspecified atom stereocenters. The van der Waals surface area contributed by atoms with E-state index >= 15 is 0 Å². The third kappa shape index (κ3) is 7.18. The minimum absolute atomic E-state index is 0.0315. The van der Waals surface area contributed by atoms with Gasteiger partial charge in [-0.2, -0.15) is 18.3 Å². The molecule has 3 heterocycles. The minimum atomic E-state index is -4.66. The highest BCUT2D eigenvalue weighted by Crippen LogP contribution is 2.37. The standard InChI is InChI=1S/C36H38BrF3N6O5/c1-19(2)30(41)35(50)51-18-43(4)32(47)22-7-10-25(11-8-22)45-31-24(14-21-5-6-21)16-42-46(31)29-17-44(20(3)13-26(29)34(45)49)33(48)23-9-12-28(37)27(15-23)36(38,39)40/h7-12,15-16,19-21,30H,5-6,13-14,17-18,41H2,1-4H3/t20-,30-/m0/s1. The van der Waals surface area contributed by atoms with Crippen LogP contribution in [0.4, 0.5) is 13.2 Å². The maximum Gasteiger partial charge on any atom is 0.417 e. The lowest BCUT2D eigenvalue weighted by molar-refractivity contribution is -0.149. The van der Waals surface area contributed by atoms with Gasteiger partial charge in [0, 0.05) is 39.8 Å². The Labute approximate surface area is 300 Å². The number of nitrogens with zero attached hydrogens (tertiary/aromatic N) is 5. The SMILES string of the molecule is CC(C)[C@H](N)C(=O)OCN(C)C(=O)c1ccc(-n2c(=O)c3c(n4ncc(CC5CC5)c24)CN(C(=O)c2ccc(Br)c(C(F)(F)F)c2)[C@@H](C)C3)cc1. The van der Waals surface area contributed by atoms with E-state index in [0.29, 0.717) is 40.5 Å². The quantitative estimate of drug-likeness (QED) is 0.179. The van der Waals surface area contributed by atoms with Crippen LogP contribution in [0.1, 0.15) is 76.7 Å². The van der Waals surface area contributed by atoms with Gasteiger partial charge in [-0.05, 0) is 86.9 Å². The molecule has 1 fully saturated rings. The summed E-state index contributed by atoms with van der Waals surface area (Å²) in [7, 11) is 1.50. The highest BCUT2D eigenvalue weighted by atomic mass is 79.9. The number of ether oxygens (including phenoxy) is 1. The zero-order valence-electron chi connectivity index (χ0n) is 28.5.